The third-order valence-electron chi connectivity index (χ3n) is 4.03. The molecule has 0 radical (unpaired) electrons. The zero-order valence-electron chi connectivity index (χ0n) is 9.13. The zero-order valence-corrected chi connectivity index (χ0v) is 9.13. The van der Waals surface area contributed by atoms with Gasteiger partial charge >= 0.3 is 0 Å². The van der Waals surface area contributed by atoms with Gasteiger partial charge in [-0.2, -0.15) is 0 Å². The number of piperidine rings is 1. The minimum Gasteiger partial charge on any atom is -0.300 e. The number of likely N-dealkylation sites (tertiary alicyclic amines) is 1. The van der Waals surface area contributed by atoms with E-state index < -0.39 is 0 Å². The van der Waals surface area contributed by atoms with Gasteiger partial charge in [0.05, 0.1) is 0 Å². The summed E-state index contributed by atoms with van der Waals surface area (Å²) in [6, 6.07) is 0.992. The Labute approximate surface area is 82.5 Å². The molecule has 76 valence electrons. The average Bonchev–Trinajstić information content (AvgIpc) is 3.00. The lowest BCUT2D eigenvalue weighted by Crippen LogP contribution is -2.41. The molecule has 0 amide bonds. The maximum Gasteiger partial charge on any atom is 0.00965 e. The molecule has 1 nitrogen and oxygen atoms in total. The smallest absolute Gasteiger partial charge is 0.00965 e. The van der Waals surface area contributed by atoms with Gasteiger partial charge in [-0.05, 0) is 37.6 Å². The lowest BCUT2D eigenvalue weighted by Gasteiger charge is -2.38. The molecule has 1 heterocycles. The molecule has 0 N–H and O–H groups in total. The predicted octanol–water partition coefficient (Wildman–Crippen LogP) is 2.91. The summed E-state index contributed by atoms with van der Waals surface area (Å²) in [6.45, 7) is 7.52. The van der Waals surface area contributed by atoms with E-state index in [1.807, 2.05) is 0 Å². The third-order valence-corrected chi connectivity index (χ3v) is 4.03. The van der Waals surface area contributed by atoms with Crippen molar-refractivity contribution in [1.82, 2.24) is 4.90 Å². The minimum atomic E-state index is 0.992. The Morgan fingerprint density at radius 2 is 1.69 bits per heavy atom. The van der Waals surface area contributed by atoms with Gasteiger partial charge in [-0.3, -0.25) is 0 Å². The van der Waals surface area contributed by atoms with E-state index in [9.17, 15) is 0 Å². The molecule has 0 aromatic carbocycles. The van der Waals surface area contributed by atoms with Gasteiger partial charge in [-0.15, -0.1) is 0 Å². The summed E-state index contributed by atoms with van der Waals surface area (Å²) < 4.78 is 0. The van der Waals surface area contributed by atoms with Crippen molar-refractivity contribution in [3.63, 3.8) is 0 Å². The summed E-state index contributed by atoms with van der Waals surface area (Å²) in [6.07, 6.45) is 7.21. The van der Waals surface area contributed by atoms with Crippen LogP contribution in [0, 0.1) is 11.8 Å². The van der Waals surface area contributed by atoms with Crippen molar-refractivity contribution in [2.75, 3.05) is 13.1 Å². The van der Waals surface area contributed by atoms with Gasteiger partial charge in [0, 0.05) is 12.6 Å². The van der Waals surface area contributed by atoms with Crippen molar-refractivity contribution in [3.05, 3.63) is 0 Å². The highest BCUT2D eigenvalue weighted by Crippen LogP contribution is 2.35. The largest absolute Gasteiger partial charge is 0.300 e. The fourth-order valence-corrected chi connectivity index (χ4v) is 2.88. The fourth-order valence-electron chi connectivity index (χ4n) is 2.88. The summed E-state index contributed by atoms with van der Waals surface area (Å²) in [5.41, 5.74) is 0. The van der Waals surface area contributed by atoms with Crippen LogP contribution in [0.1, 0.15) is 46.0 Å². The van der Waals surface area contributed by atoms with E-state index in [0.29, 0.717) is 0 Å². The minimum absolute atomic E-state index is 0.992. The van der Waals surface area contributed by atoms with Crippen LogP contribution in [0.15, 0.2) is 0 Å². The van der Waals surface area contributed by atoms with E-state index in [4.69, 9.17) is 0 Å². The Balaban J connectivity index is 1.88. The first kappa shape index (κ1) is 9.51. The van der Waals surface area contributed by atoms with Crippen molar-refractivity contribution in [3.8, 4) is 0 Å². The van der Waals surface area contributed by atoms with Crippen LogP contribution in [0.2, 0.25) is 0 Å². The van der Waals surface area contributed by atoms with E-state index in [0.717, 1.165) is 17.9 Å². The Bertz CT molecular complexity index is 163. The Morgan fingerprint density at radius 1 is 1.00 bits per heavy atom. The number of nitrogens with zero attached hydrogens (tertiary/aromatic N) is 1. The number of hydrogen-bond acceptors (Lipinski definition) is 1. The molecule has 1 aliphatic heterocycles. The molecule has 2 atom stereocenters. The number of rotatable bonds is 3. The van der Waals surface area contributed by atoms with Crippen LogP contribution in [-0.4, -0.2) is 24.0 Å². The highest BCUT2D eigenvalue weighted by Gasteiger charge is 2.35. The van der Waals surface area contributed by atoms with Crippen molar-refractivity contribution in [2.45, 2.75) is 52.0 Å². The topological polar surface area (TPSA) is 3.24 Å². The van der Waals surface area contributed by atoms with Crippen LogP contribution in [-0.2, 0) is 0 Å². The summed E-state index contributed by atoms with van der Waals surface area (Å²) >= 11 is 0. The van der Waals surface area contributed by atoms with Crippen LogP contribution in [0.25, 0.3) is 0 Å². The second-order valence-electron chi connectivity index (χ2n) is 4.85. The van der Waals surface area contributed by atoms with Gasteiger partial charge in [-0.1, -0.05) is 26.7 Å². The van der Waals surface area contributed by atoms with Gasteiger partial charge < -0.3 is 4.90 Å². The zero-order chi connectivity index (χ0) is 9.26. The maximum absolute atomic E-state index is 2.75. The molecular formula is C12H23N. The molecule has 13 heavy (non-hydrogen) atoms. The Hall–Kier alpha value is -0.0400. The van der Waals surface area contributed by atoms with Crippen molar-refractivity contribution in [2.24, 2.45) is 11.8 Å². The van der Waals surface area contributed by atoms with Crippen LogP contribution in [0.5, 0.6) is 0 Å². The highest BCUT2D eigenvalue weighted by molar-refractivity contribution is 4.89. The van der Waals surface area contributed by atoms with Gasteiger partial charge in [0.25, 0.3) is 0 Å². The summed E-state index contributed by atoms with van der Waals surface area (Å²) in [4.78, 5) is 2.75. The first-order valence-corrected chi connectivity index (χ1v) is 6.09. The molecule has 1 aliphatic carbocycles. The van der Waals surface area contributed by atoms with Gasteiger partial charge in [0.2, 0.25) is 0 Å². The quantitative estimate of drug-likeness (QED) is 0.647. The first-order chi connectivity index (χ1) is 6.35. The number of hydrogen-bond donors (Lipinski definition) is 0. The van der Waals surface area contributed by atoms with E-state index in [1.54, 1.807) is 0 Å². The molecule has 0 aromatic heterocycles. The summed E-state index contributed by atoms with van der Waals surface area (Å²) in [5, 5.41) is 0. The van der Waals surface area contributed by atoms with Gasteiger partial charge in [0.15, 0.2) is 0 Å². The maximum atomic E-state index is 2.75. The SMILES string of the molecule is CC[C@@H]1CCN(C2CC2)C[C@H]1CC. The van der Waals surface area contributed by atoms with E-state index in [1.165, 1.54) is 45.2 Å². The second-order valence-corrected chi connectivity index (χ2v) is 4.85. The molecule has 0 unspecified atom stereocenters. The van der Waals surface area contributed by atoms with E-state index in [2.05, 4.69) is 18.7 Å². The van der Waals surface area contributed by atoms with E-state index >= 15 is 0 Å². The monoisotopic (exact) mass is 181 g/mol. The van der Waals surface area contributed by atoms with Crippen molar-refractivity contribution < 1.29 is 0 Å². The van der Waals surface area contributed by atoms with Crippen molar-refractivity contribution in [1.29, 1.82) is 0 Å². The van der Waals surface area contributed by atoms with Gasteiger partial charge in [-0.25, -0.2) is 0 Å². The predicted molar refractivity (Wildman–Crippen MR) is 56.8 cm³/mol. The van der Waals surface area contributed by atoms with Crippen LogP contribution in [0.4, 0.5) is 0 Å². The molecule has 1 saturated carbocycles. The molecule has 0 aromatic rings. The molecule has 1 saturated heterocycles. The third kappa shape index (κ3) is 2.07. The second kappa shape index (κ2) is 4.00. The Kier molecular flexibility index (Phi) is 2.92. The average molecular weight is 181 g/mol. The highest BCUT2D eigenvalue weighted by atomic mass is 15.2. The molecule has 2 fully saturated rings. The standard InChI is InChI=1S/C12H23N/c1-3-10-7-8-13(12-5-6-12)9-11(10)4-2/h10-12H,3-9H2,1-2H3/t10-,11-/m1/s1. The molecule has 0 bridgehead atoms. The lowest BCUT2D eigenvalue weighted by atomic mass is 9.82. The van der Waals surface area contributed by atoms with Crippen LogP contribution < -0.4 is 0 Å². The van der Waals surface area contributed by atoms with Crippen LogP contribution in [0.3, 0.4) is 0 Å². The Morgan fingerprint density at radius 3 is 2.23 bits per heavy atom. The van der Waals surface area contributed by atoms with Crippen LogP contribution >= 0.6 is 0 Å². The van der Waals surface area contributed by atoms with E-state index in [-0.39, 0.29) is 0 Å². The summed E-state index contributed by atoms with van der Waals surface area (Å²) in [5.74, 6) is 2.03. The normalized spacial score (nSPS) is 36.5. The molecule has 2 rings (SSSR count). The summed E-state index contributed by atoms with van der Waals surface area (Å²) in [7, 11) is 0. The molecule has 2 aliphatic rings. The molecular weight excluding hydrogens is 158 g/mol. The van der Waals surface area contributed by atoms with Crippen molar-refractivity contribution >= 4 is 0 Å². The lowest BCUT2D eigenvalue weighted by molar-refractivity contribution is 0.107. The molecule has 0 spiro atoms. The van der Waals surface area contributed by atoms with Gasteiger partial charge in [0.1, 0.15) is 0 Å². The molecule has 1 heteroatoms. The first-order valence-electron chi connectivity index (χ1n) is 6.09. The fraction of sp³-hybridized carbons (Fsp3) is 1.00.